The van der Waals surface area contributed by atoms with Gasteiger partial charge in [0, 0.05) is 11.5 Å². The van der Waals surface area contributed by atoms with Crippen molar-refractivity contribution in [3.05, 3.63) is 5.82 Å². The lowest BCUT2D eigenvalue weighted by Crippen LogP contribution is -2.28. The van der Waals surface area contributed by atoms with Gasteiger partial charge >= 0.3 is 0 Å². The Bertz CT molecular complexity index is 288. The van der Waals surface area contributed by atoms with Gasteiger partial charge in [0.2, 0.25) is 5.13 Å². The van der Waals surface area contributed by atoms with Crippen LogP contribution in [0.3, 0.4) is 0 Å². The summed E-state index contributed by atoms with van der Waals surface area (Å²) in [6.45, 7) is 1.85. The fraction of sp³-hybridized carbons (Fsp3) is 0.400. The number of amides is 1. The molecule has 0 saturated carbocycles. The Labute approximate surface area is 81.1 Å². The monoisotopic (exact) mass is 250 g/mol. The average Bonchev–Trinajstić information content (AvgIpc) is 2.34. The van der Waals surface area contributed by atoms with E-state index in [0.29, 0.717) is 5.82 Å². The summed E-state index contributed by atoms with van der Waals surface area (Å²) in [6.07, 6.45) is -1.38. The van der Waals surface area contributed by atoms with Crippen LogP contribution < -0.4 is 10.4 Å². The molecule has 0 fully saturated rings. The SMILES string of the molecule is CC(Br)c1nsc(NC(=O)[O-])n1. The second-order valence-corrected chi connectivity index (χ2v) is 4.11. The third-order valence-electron chi connectivity index (χ3n) is 1.01. The number of aromatic nitrogens is 2. The Morgan fingerprint density at radius 2 is 2.50 bits per heavy atom. The van der Waals surface area contributed by atoms with Crippen LogP contribution in [0, 0.1) is 0 Å². The van der Waals surface area contributed by atoms with E-state index >= 15 is 0 Å². The number of carbonyl (C=O) groups excluding carboxylic acids is 1. The molecule has 1 amide bonds. The molecule has 1 aromatic heterocycles. The highest BCUT2D eigenvalue weighted by Crippen LogP contribution is 2.21. The highest BCUT2D eigenvalue weighted by atomic mass is 79.9. The molecule has 1 rings (SSSR count). The molecule has 66 valence electrons. The molecule has 0 aliphatic heterocycles. The van der Waals surface area contributed by atoms with Crippen LogP contribution in [0.15, 0.2) is 0 Å². The van der Waals surface area contributed by atoms with Gasteiger partial charge in [0.25, 0.3) is 0 Å². The Morgan fingerprint density at radius 3 is 2.92 bits per heavy atom. The van der Waals surface area contributed by atoms with Gasteiger partial charge in [0.1, 0.15) is 6.09 Å². The molecule has 0 spiro atoms. The summed E-state index contributed by atoms with van der Waals surface area (Å²) >= 11 is 4.24. The lowest BCUT2D eigenvalue weighted by molar-refractivity contribution is -0.242. The van der Waals surface area contributed by atoms with Crippen LogP contribution in [0.5, 0.6) is 0 Å². The number of halogens is 1. The zero-order valence-corrected chi connectivity index (χ0v) is 8.48. The first-order valence-electron chi connectivity index (χ1n) is 3.05. The third-order valence-corrected chi connectivity index (χ3v) is 2.06. The first kappa shape index (κ1) is 9.40. The van der Waals surface area contributed by atoms with E-state index in [-0.39, 0.29) is 9.96 Å². The molecule has 0 aliphatic rings. The van der Waals surface area contributed by atoms with Gasteiger partial charge in [0.15, 0.2) is 5.82 Å². The molecule has 1 atom stereocenters. The Hall–Kier alpha value is -0.690. The standard InChI is InChI=1S/C5H6BrN3O2S/c1-2(6)3-7-4(12-9-3)8-5(10)11/h2H,1H3,(H,10,11)(H,7,8,9)/p-1. The van der Waals surface area contributed by atoms with Crippen molar-refractivity contribution in [3.8, 4) is 0 Å². The Kier molecular flexibility index (Phi) is 2.99. The molecule has 0 aliphatic carbocycles. The van der Waals surface area contributed by atoms with E-state index in [2.05, 4.69) is 25.3 Å². The first-order chi connectivity index (χ1) is 5.59. The van der Waals surface area contributed by atoms with E-state index in [9.17, 15) is 9.90 Å². The Morgan fingerprint density at radius 1 is 1.83 bits per heavy atom. The van der Waals surface area contributed by atoms with Crippen molar-refractivity contribution in [1.82, 2.24) is 9.36 Å². The van der Waals surface area contributed by atoms with Crippen molar-refractivity contribution in [3.63, 3.8) is 0 Å². The van der Waals surface area contributed by atoms with Gasteiger partial charge in [-0.2, -0.15) is 4.37 Å². The lowest BCUT2D eigenvalue weighted by Gasteiger charge is -1.99. The van der Waals surface area contributed by atoms with Crippen molar-refractivity contribution in [2.45, 2.75) is 11.8 Å². The molecule has 12 heavy (non-hydrogen) atoms. The molecule has 0 radical (unpaired) electrons. The number of carbonyl (C=O) groups is 1. The Balaban J connectivity index is 2.70. The summed E-state index contributed by atoms with van der Waals surface area (Å²) in [5.74, 6) is 0.559. The zero-order chi connectivity index (χ0) is 9.14. The lowest BCUT2D eigenvalue weighted by atomic mass is 10.5. The number of carboxylic acid groups (broad SMARTS) is 1. The maximum absolute atomic E-state index is 10.1. The zero-order valence-electron chi connectivity index (χ0n) is 6.07. The van der Waals surface area contributed by atoms with E-state index < -0.39 is 6.09 Å². The number of alkyl halides is 1. The number of hydrogen-bond donors (Lipinski definition) is 1. The minimum atomic E-state index is -1.38. The fourth-order valence-electron chi connectivity index (χ4n) is 0.535. The van der Waals surface area contributed by atoms with Crippen molar-refractivity contribution >= 4 is 38.7 Å². The van der Waals surface area contributed by atoms with Crippen LogP contribution >= 0.6 is 27.5 Å². The quantitative estimate of drug-likeness (QED) is 0.786. The minimum absolute atomic E-state index is 0.0195. The number of anilines is 1. The molecule has 1 N–H and O–H groups in total. The topological polar surface area (TPSA) is 77.9 Å². The predicted molar refractivity (Wildman–Crippen MR) is 46.3 cm³/mol. The predicted octanol–water partition coefficient (Wildman–Crippen LogP) is 0.749. The van der Waals surface area contributed by atoms with Gasteiger partial charge < -0.3 is 15.2 Å². The number of hydrogen-bond acceptors (Lipinski definition) is 5. The summed E-state index contributed by atoms with van der Waals surface area (Å²) in [4.78, 5) is 14.0. The van der Waals surface area contributed by atoms with E-state index in [1.165, 1.54) is 0 Å². The van der Waals surface area contributed by atoms with Gasteiger partial charge in [0.05, 0.1) is 4.83 Å². The molecule has 1 aromatic rings. The van der Waals surface area contributed by atoms with E-state index in [0.717, 1.165) is 11.5 Å². The van der Waals surface area contributed by atoms with Crippen molar-refractivity contribution in [1.29, 1.82) is 0 Å². The second kappa shape index (κ2) is 3.81. The highest BCUT2D eigenvalue weighted by Gasteiger charge is 2.07. The second-order valence-electron chi connectivity index (χ2n) is 1.99. The maximum Gasteiger partial charge on any atom is 0.208 e. The van der Waals surface area contributed by atoms with Crippen LogP contribution in [0.1, 0.15) is 17.6 Å². The van der Waals surface area contributed by atoms with E-state index in [1.54, 1.807) is 0 Å². The molecular formula is C5H5BrN3O2S-. The van der Waals surface area contributed by atoms with Gasteiger partial charge in [-0.15, -0.1) is 0 Å². The molecule has 7 heteroatoms. The minimum Gasteiger partial charge on any atom is -0.530 e. The number of nitrogens with one attached hydrogen (secondary N) is 1. The largest absolute Gasteiger partial charge is 0.530 e. The van der Waals surface area contributed by atoms with Gasteiger partial charge in [-0.1, -0.05) is 15.9 Å². The molecule has 0 saturated heterocycles. The molecule has 1 unspecified atom stereocenters. The molecule has 0 bridgehead atoms. The molecule has 5 nitrogen and oxygen atoms in total. The number of nitrogens with zero attached hydrogens (tertiary/aromatic N) is 2. The first-order valence-corrected chi connectivity index (χ1v) is 4.74. The van der Waals surface area contributed by atoms with Crippen LogP contribution in [0.4, 0.5) is 9.93 Å². The molecule has 1 heterocycles. The molecular weight excluding hydrogens is 246 g/mol. The van der Waals surface area contributed by atoms with Crippen molar-refractivity contribution < 1.29 is 9.90 Å². The van der Waals surface area contributed by atoms with Crippen molar-refractivity contribution in [2.24, 2.45) is 0 Å². The normalized spacial score (nSPS) is 12.5. The summed E-state index contributed by atoms with van der Waals surface area (Å²) in [7, 11) is 0. The van der Waals surface area contributed by atoms with Gasteiger partial charge in [-0.05, 0) is 6.92 Å². The maximum atomic E-state index is 10.1. The summed E-state index contributed by atoms with van der Waals surface area (Å²) < 4.78 is 3.90. The van der Waals surface area contributed by atoms with Crippen LogP contribution in [0.2, 0.25) is 0 Å². The van der Waals surface area contributed by atoms with Crippen LogP contribution in [-0.4, -0.2) is 15.5 Å². The fourth-order valence-corrected chi connectivity index (χ4v) is 1.52. The molecule has 0 aromatic carbocycles. The summed E-state index contributed by atoms with van der Waals surface area (Å²) in [5.41, 5.74) is 0. The van der Waals surface area contributed by atoms with E-state index in [4.69, 9.17) is 0 Å². The van der Waals surface area contributed by atoms with E-state index in [1.807, 2.05) is 12.2 Å². The summed E-state index contributed by atoms with van der Waals surface area (Å²) in [6, 6.07) is 0. The van der Waals surface area contributed by atoms with Crippen LogP contribution in [-0.2, 0) is 0 Å². The smallest absolute Gasteiger partial charge is 0.208 e. The van der Waals surface area contributed by atoms with Gasteiger partial charge in [-0.3, -0.25) is 0 Å². The number of rotatable bonds is 2. The highest BCUT2D eigenvalue weighted by molar-refractivity contribution is 9.09. The summed E-state index contributed by atoms with van der Waals surface area (Å²) in [5, 5.41) is 12.3. The average molecular weight is 251 g/mol. The van der Waals surface area contributed by atoms with Crippen molar-refractivity contribution in [2.75, 3.05) is 5.32 Å². The van der Waals surface area contributed by atoms with Crippen LogP contribution in [0.25, 0.3) is 0 Å². The third kappa shape index (κ3) is 2.42. The van der Waals surface area contributed by atoms with Gasteiger partial charge in [-0.25, -0.2) is 4.98 Å².